The van der Waals surface area contributed by atoms with Gasteiger partial charge in [0.15, 0.2) is 0 Å². The average molecular weight is 210 g/mol. The number of hydrogen-bond acceptors (Lipinski definition) is 5. The second-order valence-electron chi connectivity index (χ2n) is 3.04. The summed E-state index contributed by atoms with van der Waals surface area (Å²) < 4.78 is 4.89. The van der Waals surface area contributed by atoms with Crippen molar-refractivity contribution in [2.75, 3.05) is 0 Å². The molecule has 0 unspecified atom stereocenters. The lowest BCUT2D eigenvalue weighted by atomic mass is 10.4. The third-order valence-corrected chi connectivity index (χ3v) is 2.76. The van der Waals surface area contributed by atoms with Crippen LogP contribution in [0.4, 0.5) is 0 Å². The van der Waals surface area contributed by atoms with Crippen molar-refractivity contribution in [2.24, 2.45) is 0 Å². The summed E-state index contributed by atoms with van der Waals surface area (Å²) in [6.07, 6.45) is -0.711. The number of nitrogens with zero attached hydrogens (tertiary/aromatic N) is 2. The molecule has 0 aliphatic heterocycles. The smallest absolute Gasteiger partial charge is 0.255 e. The highest BCUT2D eigenvalue weighted by Gasteiger charge is 2.13. The van der Waals surface area contributed by atoms with Crippen LogP contribution in [-0.2, 0) is 0 Å². The van der Waals surface area contributed by atoms with E-state index in [1.807, 2.05) is 19.1 Å². The molecule has 2 heterocycles. The molecule has 0 aliphatic carbocycles. The molecular weight excluding hydrogens is 200 g/mol. The average Bonchev–Trinajstić information content (AvgIpc) is 2.70. The van der Waals surface area contributed by atoms with Crippen molar-refractivity contribution in [1.29, 1.82) is 0 Å². The summed E-state index contributed by atoms with van der Waals surface area (Å²) in [5.74, 6) is 0.796. The van der Waals surface area contributed by atoms with Crippen LogP contribution in [0.1, 0.15) is 23.8 Å². The van der Waals surface area contributed by atoms with E-state index in [0.29, 0.717) is 5.82 Å². The molecule has 2 aromatic heterocycles. The molecule has 2 aromatic rings. The van der Waals surface area contributed by atoms with E-state index in [0.717, 1.165) is 4.88 Å². The first-order valence-electron chi connectivity index (χ1n) is 4.25. The van der Waals surface area contributed by atoms with Gasteiger partial charge in [-0.15, -0.1) is 11.3 Å². The van der Waals surface area contributed by atoms with Gasteiger partial charge in [-0.2, -0.15) is 4.98 Å². The van der Waals surface area contributed by atoms with Gasteiger partial charge >= 0.3 is 0 Å². The minimum atomic E-state index is -0.711. The van der Waals surface area contributed by atoms with Crippen LogP contribution in [0.3, 0.4) is 0 Å². The predicted octanol–water partition coefficient (Wildman–Crippen LogP) is 2.16. The Morgan fingerprint density at radius 3 is 2.79 bits per heavy atom. The van der Waals surface area contributed by atoms with Crippen molar-refractivity contribution in [3.63, 3.8) is 0 Å². The molecule has 0 radical (unpaired) electrons. The normalized spacial score (nSPS) is 13.1. The van der Waals surface area contributed by atoms with E-state index in [9.17, 15) is 5.11 Å². The highest BCUT2D eigenvalue weighted by Crippen LogP contribution is 2.25. The van der Waals surface area contributed by atoms with E-state index in [-0.39, 0.29) is 5.89 Å². The van der Waals surface area contributed by atoms with Gasteiger partial charge in [-0.1, -0.05) is 5.16 Å². The maximum absolute atomic E-state index is 9.20. The Labute approximate surface area is 85.2 Å². The van der Waals surface area contributed by atoms with Gasteiger partial charge in [-0.05, 0) is 26.0 Å². The van der Waals surface area contributed by atoms with Crippen molar-refractivity contribution in [3.05, 3.63) is 22.9 Å². The van der Waals surface area contributed by atoms with Gasteiger partial charge in [-0.25, -0.2) is 0 Å². The standard InChI is InChI=1S/C9H10N2O2S/c1-5-3-4-7(14-5)8-10-9(6(2)12)13-11-8/h3-4,6,12H,1-2H3/t6-/m0/s1. The van der Waals surface area contributed by atoms with Crippen LogP contribution in [-0.4, -0.2) is 15.2 Å². The molecule has 0 bridgehead atoms. The number of aliphatic hydroxyl groups excluding tert-OH is 1. The summed E-state index contributed by atoms with van der Waals surface area (Å²) in [4.78, 5) is 6.23. The Hall–Kier alpha value is -1.20. The van der Waals surface area contributed by atoms with Crippen molar-refractivity contribution >= 4 is 11.3 Å². The van der Waals surface area contributed by atoms with Crippen molar-refractivity contribution < 1.29 is 9.63 Å². The van der Waals surface area contributed by atoms with Gasteiger partial charge < -0.3 is 9.63 Å². The maximum Gasteiger partial charge on any atom is 0.255 e. The first kappa shape index (κ1) is 9.36. The third-order valence-electron chi connectivity index (χ3n) is 1.76. The fourth-order valence-electron chi connectivity index (χ4n) is 1.06. The summed E-state index contributed by atoms with van der Waals surface area (Å²) in [6.45, 7) is 3.61. The molecule has 0 amide bonds. The first-order valence-corrected chi connectivity index (χ1v) is 5.07. The highest BCUT2D eigenvalue weighted by atomic mass is 32.1. The lowest BCUT2D eigenvalue weighted by Crippen LogP contribution is -1.89. The van der Waals surface area contributed by atoms with Crippen LogP contribution in [0.15, 0.2) is 16.7 Å². The van der Waals surface area contributed by atoms with Gasteiger partial charge in [-0.3, -0.25) is 0 Å². The molecule has 74 valence electrons. The van der Waals surface area contributed by atoms with Gasteiger partial charge in [0, 0.05) is 4.88 Å². The number of aliphatic hydroxyl groups is 1. The van der Waals surface area contributed by atoms with Crippen LogP contribution < -0.4 is 0 Å². The quantitative estimate of drug-likeness (QED) is 0.825. The monoisotopic (exact) mass is 210 g/mol. The Morgan fingerprint density at radius 2 is 2.29 bits per heavy atom. The number of rotatable bonds is 2. The molecule has 0 aromatic carbocycles. The molecule has 0 aliphatic rings. The summed E-state index contributed by atoms with van der Waals surface area (Å²) in [5, 5.41) is 13.0. The molecule has 2 rings (SSSR count). The zero-order chi connectivity index (χ0) is 10.1. The highest BCUT2D eigenvalue weighted by molar-refractivity contribution is 7.15. The maximum atomic E-state index is 9.20. The second-order valence-corrected chi connectivity index (χ2v) is 4.33. The zero-order valence-electron chi connectivity index (χ0n) is 7.89. The van der Waals surface area contributed by atoms with Crippen molar-refractivity contribution in [1.82, 2.24) is 10.1 Å². The zero-order valence-corrected chi connectivity index (χ0v) is 8.71. The van der Waals surface area contributed by atoms with Crippen LogP contribution in [0, 0.1) is 6.92 Å². The third kappa shape index (κ3) is 1.69. The summed E-state index contributed by atoms with van der Waals surface area (Å²) in [6, 6.07) is 3.94. The minimum Gasteiger partial charge on any atom is -0.384 e. The topological polar surface area (TPSA) is 59.2 Å². The summed E-state index contributed by atoms with van der Waals surface area (Å²) >= 11 is 1.60. The van der Waals surface area contributed by atoms with Crippen LogP contribution in [0.5, 0.6) is 0 Å². The van der Waals surface area contributed by atoms with E-state index >= 15 is 0 Å². The van der Waals surface area contributed by atoms with E-state index in [1.165, 1.54) is 4.88 Å². The molecular formula is C9H10N2O2S. The SMILES string of the molecule is Cc1ccc(-c2noc([C@H](C)O)n2)s1. The van der Waals surface area contributed by atoms with E-state index < -0.39 is 6.10 Å². The largest absolute Gasteiger partial charge is 0.384 e. The second kappa shape index (κ2) is 3.51. The molecule has 0 saturated heterocycles. The molecule has 4 nitrogen and oxygen atoms in total. The Bertz CT molecular complexity index is 433. The van der Waals surface area contributed by atoms with Crippen LogP contribution in [0.2, 0.25) is 0 Å². The summed E-state index contributed by atoms with van der Waals surface area (Å²) in [5.41, 5.74) is 0. The number of hydrogen-bond donors (Lipinski definition) is 1. The Balaban J connectivity index is 2.33. The molecule has 0 spiro atoms. The predicted molar refractivity (Wildman–Crippen MR) is 53.0 cm³/mol. The molecule has 0 saturated carbocycles. The summed E-state index contributed by atoms with van der Waals surface area (Å²) in [7, 11) is 0. The van der Waals surface area contributed by atoms with Crippen LogP contribution in [0.25, 0.3) is 10.7 Å². The molecule has 1 N–H and O–H groups in total. The number of aryl methyl sites for hydroxylation is 1. The lowest BCUT2D eigenvalue weighted by Gasteiger charge is -1.91. The minimum absolute atomic E-state index is 0.256. The van der Waals surface area contributed by atoms with E-state index in [2.05, 4.69) is 10.1 Å². The van der Waals surface area contributed by atoms with Gasteiger partial charge in [0.05, 0.1) is 4.88 Å². The molecule has 5 heteroatoms. The Kier molecular flexibility index (Phi) is 2.35. The van der Waals surface area contributed by atoms with E-state index in [1.54, 1.807) is 18.3 Å². The van der Waals surface area contributed by atoms with Crippen LogP contribution >= 0.6 is 11.3 Å². The number of aromatic nitrogens is 2. The fraction of sp³-hybridized carbons (Fsp3) is 0.333. The fourth-order valence-corrected chi connectivity index (χ4v) is 1.85. The van der Waals surface area contributed by atoms with Crippen molar-refractivity contribution in [3.8, 4) is 10.7 Å². The molecule has 14 heavy (non-hydrogen) atoms. The lowest BCUT2D eigenvalue weighted by molar-refractivity contribution is 0.152. The van der Waals surface area contributed by atoms with E-state index in [4.69, 9.17) is 4.52 Å². The molecule has 1 atom stereocenters. The van der Waals surface area contributed by atoms with Gasteiger partial charge in [0.1, 0.15) is 6.10 Å². The van der Waals surface area contributed by atoms with Gasteiger partial charge in [0.2, 0.25) is 5.82 Å². The van der Waals surface area contributed by atoms with Crippen molar-refractivity contribution in [2.45, 2.75) is 20.0 Å². The first-order chi connectivity index (χ1) is 6.66. The van der Waals surface area contributed by atoms with Gasteiger partial charge in [0.25, 0.3) is 5.89 Å². The Morgan fingerprint density at radius 1 is 1.50 bits per heavy atom. The number of thiophene rings is 1. The molecule has 0 fully saturated rings.